The molecule has 1 aromatic carbocycles. The molecule has 20 heavy (non-hydrogen) atoms. The molecule has 2 aromatic rings. The van der Waals surface area contributed by atoms with Gasteiger partial charge in [0.2, 0.25) is 5.91 Å². The summed E-state index contributed by atoms with van der Waals surface area (Å²) in [6.07, 6.45) is 2.74. The number of carbonyl (C=O) groups is 1. The van der Waals surface area contributed by atoms with Crippen molar-refractivity contribution < 1.29 is 9.53 Å². The topological polar surface area (TPSA) is 79.9 Å². The minimum atomic E-state index is -0.00342. The molecular formula is C14H18N4O2. The van der Waals surface area contributed by atoms with Crippen molar-refractivity contribution in [3.8, 4) is 0 Å². The van der Waals surface area contributed by atoms with Crippen molar-refractivity contribution >= 4 is 5.91 Å². The Morgan fingerprint density at radius 2 is 2.15 bits per heavy atom. The molecule has 1 aromatic heterocycles. The Balaban J connectivity index is 1.51. The standard InChI is InChI=1S/C14H18N4O2/c19-14(15-9-13-10-16-18-17-13)7-4-8-20-11-12-5-2-1-3-6-12/h1-3,5-6,10H,4,7-9,11H2,(H,15,19)(H,16,17,18). The lowest BCUT2D eigenvalue weighted by atomic mass is 10.2. The molecule has 0 fully saturated rings. The fourth-order valence-corrected chi connectivity index (χ4v) is 1.69. The van der Waals surface area contributed by atoms with Crippen molar-refractivity contribution in [1.29, 1.82) is 0 Å². The van der Waals surface area contributed by atoms with E-state index in [1.165, 1.54) is 0 Å². The number of nitrogens with one attached hydrogen (secondary N) is 2. The summed E-state index contributed by atoms with van der Waals surface area (Å²) in [5.74, 6) is -0.00342. The van der Waals surface area contributed by atoms with Gasteiger partial charge in [0, 0.05) is 13.0 Å². The third-order valence-electron chi connectivity index (χ3n) is 2.74. The van der Waals surface area contributed by atoms with Crippen LogP contribution in [0.3, 0.4) is 0 Å². The van der Waals surface area contributed by atoms with E-state index in [0.717, 1.165) is 11.3 Å². The zero-order chi connectivity index (χ0) is 14.0. The van der Waals surface area contributed by atoms with E-state index in [2.05, 4.69) is 20.7 Å². The lowest BCUT2D eigenvalue weighted by Crippen LogP contribution is -2.23. The largest absolute Gasteiger partial charge is 0.377 e. The maximum atomic E-state index is 11.5. The van der Waals surface area contributed by atoms with E-state index in [9.17, 15) is 4.79 Å². The zero-order valence-corrected chi connectivity index (χ0v) is 11.2. The van der Waals surface area contributed by atoms with E-state index in [0.29, 0.717) is 32.6 Å². The van der Waals surface area contributed by atoms with Crippen LogP contribution in [0.2, 0.25) is 0 Å². The molecule has 0 saturated carbocycles. The van der Waals surface area contributed by atoms with Gasteiger partial charge in [-0.15, -0.1) is 0 Å². The van der Waals surface area contributed by atoms with E-state index >= 15 is 0 Å². The van der Waals surface area contributed by atoms with Crippen LogP contribution in [0.15, 0.2) is 36.5 Å². The van der Waals surface area contributed by atoms with Gasteiger partial charge < -0.3 is 10.1 Å². The highest BCUT2D eigenvalue weighted by Crippen LogP contribution is 2.01. The molecule has 1 amide bonds. The number of ether oxygens (including phenoxy) is 1. The smallest absolute Gasteiger partial charge is 0.220 e. The molecular weight excluding hydrogens is 256 g/mol. The van der Waals surface area contributed by atoms with Crippen LogP contribution >= 0.6 is 0 Å². The number of rotatable bonds is 8. The number of carbonyl (C=O) groups excluding carboxylic acids is 1. The predicted octanol–water partition coefficient (Wildman–Crippen LogP) is 1.42. The molecule has 106 valence electrons. The minimum absolute atomic E-state index is 0.00342. The van der Waals surface area contributed by atoms with Gasteiger partial charge in [0.1, 0.15) is 5.69 Å². The maximum absolute atomic E-state index is 11.5. The fraction of sp³-hybridized carbons (Fsp3) is 0.357. The van der Waals surface area contributed by atoms with Crippen molar-refractivity contribution in [3.05, 3.63) is 47.8 Å². The molecule has 1 heterocycles. The lowest BCUT2D eigenvalue weighted by molar-refractivity contribution is -0.121. The van der Waals surface area contributed by atoms with E-state index < -0.39 is 0 Å². The molecule has 2 N–H and O–H groups in total. The number of hydrogen-bond donors (Lipinski definition) is 2. The number of nitrogens with zero attached hydrogens (tertiary/aromatic N) is 2. The Morgan fingerprint density at radius 1 is 1.30 bits per heavy atom. The van der Waals surface area contributed by atoms with E-state index in [-0.39, 0.29) is 5.91 Å². The van der Waals surface area contributed by atoms with Crippen LogP contribution in [0.1, 0.15) is 24.1 Å². The van der Waals surface area contributed by atoms with Crippen LogP contribution in [0.25, 0.3) is 0 Å². The summed E-state index contributed by atoms with van der Waals surface area (Å²) < 4.78 is 5.51. The lowest BCUT2D eigenvalue weighted by Gasteiger charge is -2.05. The number of benzene rings is 1. The second-order valence-electron chi connectivity index (χ2n) is 4.38. The molecule has 0 unspecified atom stereocenters. The quantitative estimate of drug-likeness (QED) is 0.713. The number of amides is 1. The van der Waals surface area contributed by atoms with Gasteiger partial charge in [-0.25, -0.2) is 0 Å². The van der Waals surface area contributed by atoms with Crippen LogP contribution in [0.5, 0.6) is 0 Å². The molecule has 6 heteroatoms. The second kappa shape index (κ2) is 8.06. The van der Waals surface area contributed by atoms with Crippen molar-refractivity contribution in [2.24, 2.45) is 0 Å². The molecule has 2 rings (SSSR count). The van der Waals surface area contributed by atoms with Crippen LogP contribution in [0, 0.1) is 0 Å². The normalized spacial score (nSPS) is 10.4. The first-order valence-electron chi connectivity index (χ1n) is 6.57. The van der Waals surface area contributed by atoms with Crippen LogP contribution in [-0.2, 0) is 22.7 Å². The van der Waals surface area contributed by atoms with Crippen molar-refractivity contribution in [3.63, 3.8) is 0 Å². The summed E-state index contributed by atoms with van der Waals surface area (Å²) in [6.45, 7) is 1.56. The number of H-pyrrole nitrogens is 1. The monoisotopic (exact) mass is 274 g/mol. The summed E-state index contributed by atoms with van der Waals surface area (Å²) in [6, 6.07) is 9.98. The van der Waals surface area contributed by atoms with Crippen molar-refractivity contribution in [1.82, 2.24) is 20.7 Å². The minimum Gasteiger partial charge on any atom is -0.377 e. The maximum Gasteiger partial charge on any atom is 0.220 e. The molecule has 0 aliphatic rings. The zero-order valence-electron chi connectivity index (χ0n) is 11.2. The Morgan fingerprint density at radius 3 is 2.90 bits per heavy atom. The SMILES string of the molecule is O=C(CCCOCc1ccccc1)NCc1cn[nH]n1. The van der Waals surface area contributed by atoms with Gasteiger partial charge in [0.05, 0.1) is 19.3 Å². The average molecular weight is 274 g/mol. The van der Waals surface area contributed by atoms with Gasteiger partial charge in [-0.3, -0.25) is 4.79 Å². The molecule has 6 nitrogen and oxygen atoms in total. The van der Waals surface area contributed by atoms with Crippen molar-refractivity contribution in [2.45, 2.75) is 26.0 Å². The molecule has 0 spiro atoms. The van der Waals surface area contributed by atoms with Gasteiger partial charge >= 0.3 is 0 Å². The highest BCUT2D eigenvalue weighted by atomic mass is 16.5. The number of aromatic nitrogens is 3. The molecule has 0 radical (unpaired) electrons. The third kappa shape index (κ3) is 5.19. The summed E-state index contributed by atoms with van der Waals surface area (Å²) in [5, 5.41) is 12.8. The van der Waals surface area contributed by atoms with Gasteiger partial charge in [-0.05, 0) is 12.0 Å². The first-order chi connectivity index (χ1) is 9.84. The Hall–Kier alpha value is -2.21. The Bertz CT molecular complexity index is 499. The highest BCUT2D eigenvalue weighted by molar-refractivity contribution is 5.75. The Kier molecular flexibility index (Phi) is 5.72. The average Bonchev–Trinajstić information content (AvgIpc) is 2.99. The molecule has 0 bridgehead atoms. The van der Waals surface area contributed by atoms with E-state index in [4.69, 9.17) is 4.74 Å². The van der Waals surface area contributed by atoms with Crippen LogP contribution in [-0.4, -0.2) is 27.9 Å². The molecule has 0 atom stereocenters. The van der Waals surface area contributed by atoms with Gasteiger partial charge in [-0.1, -0.05) is 30.3 Å². The predicted molar refractivity (Wildman–Crippen MR) is 73.6 cm³/mol. The van der Waals surface area contributed by atoms with Crippen LogP contribution in [0.4, 0.5) is 0 Å². The number of aromatic amines is 1. The van der Waals surface area contributed by atoms with Gasteiger partial charge in [-0.2, -0.15) is 15.4 Å². The third-order valence-corrected chi connectivity index (χ3v) is 2.74. The van der Waals surface area contributed by atoms with Crippen LogP contribution < -0.4 is 5.32 Å². The second-order valence-corrected chi connectivity index (χ2v) is 4.38. The first kappa shape index (κ1) is 14.2. The highest BCUT2D eigenvalue weighted by Gasteiger charge is 2.02. The summed E-state index contributed by atoms with van der Waals surface area (Å²) in [7, 11) is 0. The van der Waals surface area contributed by atoms with Crippen molar-refractivity contribution in [2.75, 3.05) is 6.61 Å². The van der Waals surface area contributed by atoms with E-state index in [1.807, 2.05) is 30.3 Å². The molecule has 0 aliphatic heterocycles. The summed E-state index contributed by atoms with van der Waals surface area (Å²) >= 11 is 0. The summed E-state index contributed by atoms with van der Waals surface area (Å²) in [4.78, 5) is 11.5. The van der Waals surface area contributed by atoms with Gasteiger partial charge in [0.25, 0.3) is 0 Å². The first-order valence-corrected chi connectivity index (χ1v) is 6.57. The fourth-order valence-electron chi connectivity index (χ4n) is 1.69. The van der Waals surface area contributed by atoms with Gasteiger partial charge in [0.15, 0.2) is 0 Å². The number of hydrogen-bond acceptors (Lipinski definition) is 4. The molecule has 0 saturated heterocycles. The summed E-state index contributed by atoms with van der Waals surface area (Å²) in [5.41, 5.74) is 1.86. The Labute approximate surface area is 117 Å². The molecule has 0 aliphatic carbocycles. The van der Waals surface area contributed by atoms with E-state index in [1.54, 1.807) is 6.20 Å².